The predicted molar refractivity (Wildman–Crippen MR) is 92.5 cm³/mol. The van der Waals surface area contributed by atoms with Gasteiger partial charge in [-0.15, -0.1) is 0 Å². The quantitative estimate of drug-likeness (QED) is 0.386. The molecule has 0 atom stereocenters. The van der Waals surface area contributed by atoms with Crippen LogP contribution in [0.1, 0.15) is 67.7 Å². The number of primary amides is 1. The Balaban J connectivity index is 1.86. The molecule has 0 fully saturated rings. The molecule has 1 aromatic heterocycles. The molecule has 5 heteroatoms. The zero-order valence-electron chi connectivity index (χ0n) is 13.3. The van der Waals surface area contributed by atoms with Gasteiger partial charge in [0, 0.05) is 25.0 Å². The number of carbonyl (C=O) groups excluding carboxylic acids is 1. The summed E-state index contributed by atoms with van der Waals surface area (Å²) < 4.78 is 11.0. The number of carbonyl (C=O) groups is 1. The molecule has 1 rings (SSSR count). The summed E-state index contributed by atoms with van der Waals surface area (Å²) in [7, 11) is 0. The number of aryl methyl sites for hydroxylation is 1. The number of halogens is 1. The second-order valence-electron chi connectivity index (χ2n) is 5.51. The van der Waals surface area contributed by atoms with Crippen LogP contribution in [0, 0.1) is 0 Å². The highest BCUT2D eigenvalue weighted by atomic mass is 79.9. The van der Waals surface area contributed by atoms with Crippen LogP contribution in [0.2, 0.25) is 0 Å². The molecule has 0 aliphatic heterocycles. The molecular weight excluding hydrogens is 346 g/mol. The molecule has 1 aromatic rings. The van der Waals surface area contributed by atoms with Crippen molar-refractivity contribution in [1.29, 1.82) is 0 Å². The summed E-state index contributed by atoms with van der Waals surface area (Å²) >= 11 is 3.44. The molecule has 4 nitrogen and oxygen atoms in total. The van der Waals surface area contributed by atoms with Crippen LogP contribution in [0.3, 0.4) is 0 Å². The van der Waals surface area contributed by atoms with E-state index in [0.29, 0.717) is 0 Å². The van der Waals surface area contributed by atoms with Crippen LogP contribution in [-0.4, -0.2) is 24.5 Å². The van der Waals surface area contributed by atoms with Crippen molar-refractivity contribution in [2.75, 3.05) is 18.5 Å². The maximum absolute atomic E-state index is 10.9. The van der Waals surface area contributed by atoms with E-state index in [1.165, 1.54) is 32.1 Å². The molecule has 0 aliphatic carbocycles. The molecule has 0 bridgehead atoms. The highest BCUT2D eigenvalue weighted by molar-refractivity contribution is 9.09. The number of alkyl halides is 1. The minimum absolute atomic E-state index is 0.250. The lowest BCUT2D eigenvalue weighted by molar-refractivity contribution is 0.0972. The lowest BCUT2D eigenvalue weighted by atomic mass is 10.1. The second kappa shape index (κ2) is 12.7. The summed E-state index contributed by atoms with van der Waals surface area (Å²) in [5.41, 5.74) is 5.15. The van der Waals surface area contributed by atoms with Crippen molar-refractivity contribution < 1.29 is 13.9 Å². The van der Waals surface area contributed by atoms with Crippen molar-refractivity contribution >= 4 is 21.8 Å². The molecular formula is C17H28BrNO3. The third-order valence-electron chi connectivity index (χ3n) is 3.54. The fourth-order valence-electron chi connectivity index (χ4n) is 2.26. The highest BCUT2D eigenvalue weighted by Gasteiger charge is 2.06. The Hall–Kier alpha value is -0.810. The first kappa shape index (κ1) is 19.2. The molecule has 2 N–H and O–H groups in total. The average Bonchev–Trinajstić information content (AvgIpc) is 2.97. The van der Waals surface area contributed by atoms with Gasteiger partial charge in [-0.3, -0.25) is 4.79 Å². The van der Waals surface area contributed by atoms with Gasteiger partial charge in [0.15, 0.2) is 5.76 Å². The van der Waals surface area contributed by atoms with Crippen LogP contribution < -0.4 is 5.73 Å². The second-order valence-corrected chi connectivity index (χ2v) is 6.30. The molecule has 0 saturated heterocycles. The van der Waals surface area contributed by atoms with Gasteiger partial charge in [-0.05, 0) is 37.8 Å². The van der Waals surface area contributed by atoms with Crippen LogP contribution in [0.4, 0.5) is 0 Å². The first-order valence-electron chi connectivity index (χ1n) is 8.26. The molecule has 126 valence electrons. The van der Waals surface area contributed by atoms with Crippen molar-refractivity contribution in [1.82, 2.24) is 0 Å². The smallest absolute Gasteiger partial charge is 0.284 e. The van der Waals surface area contributed by atoms with Gasteiger partial charge in [0.05, 0.1) is 0 Å². The van der Waals surface area contributed by atoms with E-state index in [2.05, 4.69) is 15.9 Å². The van der Waals surface area contributed by atoms with Crippen LogP contribution in [-0.2, 0) is 11.2 Å². The van der Waals surface area contributed by atoms with E-state index in [1.54, 1.807) is 6.07 Å². The van der Waals surface area contributed by atoms with Gasteiger partial charge in [0.1, 0.15) is 5.76 Å². The monoisotopic (exact) mass is 373 g/mol. The lowest BCUT2D eigenvalue weighted by Gasteiger charge is -2.04. The molecule has 0 radical (unpaired) electrons. The van der Waals surface area contributed by atoms with E-state index in [-0.39, 0.29) is 5.76 Å². The van der Waals surface area contributed by atoms with Gasteiger partial charge in [0.2, 0.25) is 0 Å². The van der Waals surface area contributed by atoms with Crippen LogP contribution in [0.15, 0.2) is 16.5 Å². The minimum atomic E-state index is -0.504. The molecule has 0 aromatic carbocycles. The number of rotatable bonds is 14. The Kier molecular flexibility index (Phi) is 11.1. The molecule has 0 aliphatic rings. The number of furan rings is 1. The van der Waals surface area contributed by atoms with Gasteiger partial charge < -0.3 is 14.9 Å². The number of amides is 1. The van der Waals surface area contributed by atoms with Gasteiger partial charge >= 0.3 is 0 Å². The third kappa shape index (κ3) is 9.26. The van der Waals surface area contributed by atoms with E-state index in [9.17, 15) is 4.79 Å². The van der Waals surface area contributed by atoms with Gasteiger partial charge in [0.25, 0.3) is 5.91 Å². The van der Waals surface area contributed by atoms with E-state index >= 15 is 0 Å². The molecule has 0 spiro atoms. The SMILES string of the molecule is NC(=O)c1ccc(CCCCCCOCCCCCCBr)o1. The zero-order valence-corrected chi connectivity index (χ0v) is 14.9. The Labute approximate surface area is 141 Å². The topological polar surface area (TPSA) is 65.5 Å². The number of hydrogen-bond donors (Lipinski definition) is 1. The summed E-state index contributed by atoms with van der Waals surface area (Å²) in [6.45, 7) is 1.76. The van der Waals surface area contributed by atoms with Crippen molar-refractivity contribution in [3.05, 3.63) is 23.7 Å². The molecule has 0 unspecified atom stereocenters. The largest absolute Gasteiger partial charge is 0.456 e. The van der Waals surface area contributed by atoms with Gasteiger partial charge in [-0.1, -0.05) is 41.6 Å². The number of ether oxygens (including phenoxy) is 1. The maximum Gasteiger partial charge on any atom is 0.284 e. The van der Waals surface area contributed by atoms with Crippen molar-refractivity contribution in [2.24, 2.45) is 5.73 Å². The van der Waals surface area contributed by atoms with Gasteiger partial charge in [-0.2, -0.15) is 0 Å². The number of nitrogens with two attached hydrogens (primary N) is 1. The standard InChI is InChI=1S/C17H28BrNO3/c18-12-6-2-4-8-14-21-13-7-3-1-5-9-15-10-11-16(22-15)17(19)20/h10-11H,1-9,12-14H2,(H2,19,20). The summed E-state index contributed by atoms with van der Waals surface area (Å²) in [4.78, 5) is 10.9. The molecule has 22 heavy (non-hydrogen) atoms. The summed E-state index contributed by atoms with van der Waals surface area (Å²) in [5.74, 6) is 0.587. The van der Waals surface area contributed by atoms with E-state index in [0.717, 1.165) is 50.0 Å². The van der Waals surface area contributed by atoms with E-state index < -0.39 is 5.91 Å². The summed E-state index contributed by atoms with van der Waals surface area (Å²) in [6.07, 6.45) is 10.4. The highest BCUT2D eigenvalue weighted by Crippen LogP contribution is 2.12. The predicted octanol–water partition coefficient (Wildman–Crippen LogP) is 4.45. The van der Waals surface area contributed by atoms with Crippen molar-refractivity contribution in [2.45, 2.75) is 57.8 Å². The fraction of sp³-hybridized carbons (Fsp3) is 0.706. The summed E-state index contributed by atoms with van der Waals surface area (Å²) in [6, 6.07) is 3.47. The Morgan fingerprint density at radius 1 is 1.00 bits per heavy atom. The lowest BCUT2D eigenvalue weighted by Crippen LogP contribution is -2.09. The fourth-order valence-corrected chi connectivity index (χ4v) is 2.65. The first-order valence-corrected chi connectivity index (χ1v) is 9.38. The zero-order chi connectivity index (χ0) is 16.0. The Morgan fingerprint density at radius 3 is 2.23 bits per heavy atom. The van der Waals surface area contributed by atoms with E-state index in [4.69, 9.17) is 14.9 Å². The van der Waals surface area contributed by atoms with Gasteiger partial charge in [-0.25, -0.2) is 0 Å². The average molecular weight is 374 g/mol. The number of unbranched alkanes of at least 4 members (excludes halogenated alkanes) is 6. The minimum Gasteiger partial charge on any atom is -0.456 e. The van der Waals surface area contributed by atoms with Crippen LogP contribution >= 0.6 is 15.9 Å². The Morgan fingerprint density at radius 2 is 1.64 bits per heavy atom. The van der Waals surface area contributed by atoms with Crippen molar-refractivity contribution in [3.8, 4) is 0 Å². The molecule has 1 amide bonds. The van der Waals surface area contributed by atoms with Crippen LogP contribution in [0.5, 0.6) is 0 Å². The maximum atomic E-state index is 10.9. The van der Waals surface area contributed by atoms with Crippen LogP contribution in [0.25, 0.3) is 0 Å². The molecule has 1 heterocycles. The Bertz CT molecular complexity index is 406. The molecule has 0 saturated carbocycles. The van der Waals surface area contributed by atoms with Crippen molar-refractivity contribution in [3.63, 3.8) is 0 Å². The first-order chi connectivity index (χ1) is 10.7. The number of hydrogen-bond acceptors (Lipinski definition) is 3. The summed E-state index contributed by atoms with van der Waals surface area (Å²) in [5, 5.41) is 1.11. The normalized spacial score (nSPS) is 11.0. The third-order valence-corrected chi connectivity index (χ3v) is 4.10. The van der Waals surface area contributed by atoms with E-state index in [1.807, 2.05) is 6.07 Å².